The Bertz CT molecular complexity index is 1140. The van der Waals surface area contributed by atoms with Crippen molar-refractivity contribution in [2.45, 2.75) is 98.4 Å². The number of rotatable bonds is 10. The highest BCUT2D eigenvalue weighted by Crippen LogP contribution is 2.34. The van der Waals surface area contributed by atoms with Gasteiger partial charge in [-0.15, -0.1) is 0 Å². The molecule has 2 rings (SSSR count). The van der Waals surface area contributed by atoms with E-state index in [4.69, 9.17) is 4.74 Å². The second kappa shape index (κ2) is 13.4. The van der Waals surface area contributed by atoms with Crippen LogP contribution in [0.15, 0.2) is 42.5 Å². The Hall–Kier alpha value is -3.00. The zero-order valence-electron chi connectivity index (χ0n) is 24.8. The van der Waals surface area contributed by atoms with E-state index in [0.717, 1.165) is 28.8 Å². The Morgan fingerprint density at radius 1 is 0.949 bits per heavy atom. The SMILES string of the molecule is CCc1ccc(C(C(=O)Nc2c(C)cccc2C)N(C(=O)C(CS)NC(=O)OC(C)(C)C)C(C)(C)CC)cc1. The van der Waals surface area contributed by atoms with Crippen LogP contribution in [0.25, 0.3) is 0 Å². The molecule has 2 atom stereocenters. The van der Waals surface area contributed by atoms with Gasteiger partial charge in [0.15, 0.2) is 0 Å². The summed E-state index contributed by atoms with van der Waals surface area (Å²) in [5.74, 6) is -0.709. The molecule has 3 amide bonds. The Labute approximate surface area is 239 Å². The lowest BCUT2D eigenvalue weighted by Gasteiger charge is -2.44. The molecule has 0 aromatic heterocycles. The van der Waals surface area contributed by atoms with Crippen LogP contribution in [0.4, 0.5) is 10.5 Å². The summed E-state index contributed by atoms with van der Waals surface area (Å²) in [5.41, 5.74) is 2.91. The first-order chi connectivity index (χ1) is 18.1. The molecular weight excluding hydrogens is 510 g/mol. The molecule has 2 aromatic carbocycles. The minimum Gasteiger partial charge on any atom is -0.444 e. The van der Waals surface area contributed by atoms with E-state index in [2.05, 4.69) is 30.2 Å². The van der Waals surface area contributed by atoms with Crippen molar-refractivity contribution in [3.8, 4) is 0 Å². The number of hydrogen-bond acceptors (Lipinski definition) is 5. The van der Waals surface area contributed by atoms with E-state index in [0.29, 0.717) is 12.0 Å². The molecule has 39 heavy (non-hydrogen) atoms. The number of thiol groups is 1. The fraction of sp³-hybridized carbons (Fsp3) is 0.516. The standard InChI is InChI=1S/C31H45N3O4S/c1-10-22-15-17-23(18-16-22)26(27(35)33-25-20(3)13-12-14-21(25)4)34(31(8,9)11-2)28(36)24(19-39)32-29(37)38-30(5,6)7/h12-18,24,26,39H,10-11,19H2,1-9H3,(H,32,37)(H,33,35). The molecule has 2 unspecified atom stereocenters. The van der Waals surface area contributed by atoms with Gasteiger partial charge in [0.2, 0.25) is 5.91 Å². The number of aryl methyl sites for hydroxylation is 3. The number of nitrogens with one attached hydrogen (secondary N) is 2. The zero-order valence-corrected chi connectivity index (χ0v) is 25.7. The summed E-state index contributed by atoms with van der Waals surface area (Å²) in [7, 11) is 0. The molecule has 2 N–H and O–H groups in total. The molecular formula is C31H45N3O4S. The fourth-order valence-corrected chi connectivity index (χ4v) is 4.55. The van der Waals surface area contributed by atoms with Crippen LogP contribution in [0.1, 0.15) is 83.2 Å². The summed E-state index contributed by atoms with van der Waals surface area (Å²) >= 11 is 4.38. The van der Waals surface area contributed by atoms with Crippen LogP contribution in [0.5, 0.6) is 0 Å². The largest absolute Gasteiger partial charge is 0.444 e. The summed E-state index contributed by atoms with van der Waals surface area (Å²) in [6, 6.07) is 11.6. The highest BCUT2D eigenvalue weighted by Gasteiger charge is 2.43. The van der Waals surface area contributed by atoms with Crippen molar-refractivity contribution in [1.29, 1.82) is 0 Å². The van der Waals surface area contributed by atoms with Crippen LogP contribution in [0.3, 0.4) is 0 Å². The van der Waals surface area contributed by atoms with E-state index in [9.17, 15) is 14.4 Å². The second-order valence-corrected chi connectivity index (χ2v) is 11.9. The highest BCUT2D eigenvalue weighted by atomic mass is 32.1. The normalized spacial score (nSPS) is 13.3. The van der Waals surface area contributed by atoms with E-state index >= 15 is 0 Å². The average molecular weight is 556 g/mol. The van der Waals surface area contributed by atoms with E-state index in [1.807, 2.05) is 77.1 Å². The number of amides is 3. The summed E-state index contributed by atoms with van der Waals surface area (Å²) < 4.78 is 5.40. The monoisotopic (exact) mass is 555 g/mol. The minimum atomic E-state index is -1.00. The maximum Gasteiger partial charge on any atom is 0.408 e. The third-order valence-electron chi connectivity index (χ3n) is 6.87. The van der Waals surface area contributed by atoms with Crippen molar-refractivity contribution in [1.82, 2.24) is 10.2 Å². The van der Waals surface area contributed by atoms with Gasteiger partial charge in [-0.1, -0.05) is 56.3 Å². The molecule has 0 aliphatic heterocycles. The van der Waals surface area contributed by atoms with Crippen LogP contribution in [0, 0.1) is 13.8 Å². The van der Waals surface area contributed by atoms with E-state index < -0.39 is 35.2 Å². The highest BCUT2D eigenvalue weighted by molar-refractivity contribution is 7.80. The first kappa shape index (κ1) is 32.2. The Morgan fingerprint density at radius 2 is 1.51 bits per heavy atom. The van der Waals surface area contributed by atoms with Gasteiger partial charge >= 0.3 is 6.09 Å². The van der Waals surface area contributed by atoms with Crippen molar-refractivity contribution in [2.24, 2.45) is 0 Å². The molecule has 7 nitrogen and oxygen atoms in total. The van der Waals surface area contributed by atoms with Gasteiger partial charge in [0, 0.05) is 17.0 Å². The Morgan fingerprint density at radius 3 is 1.97 bits per heavy atom. The lowest BCUT2D eigenvalue weighted by atomic mass is 9.91. The van der Waals surface area contributed by atoms with E-state index in [1.54, 1.807) is 25.7 Å². The van der Waals surface area contributed by atoms with Gasteiger partial charge in [-0.2, -0.15) is 12.6 Å². The van der Waals surface area contributed by atoms with Crippen LogP contribution < -0.4 is 10.6 Å². The maximum atomic E-state index is 14.2. The molecule has 0 aliphatic rings. The molecule has 0 saturated heterocycles. The van der Waals surface area contributed by atoms with Gasteiger partial charge in [-0.05, 0) is 83.6 Å². The third-order valence-corrected chi connectivity index (χ3v) is 7.23. The van der Waals surface area contributed by atoms with Crippen molar-refractivity contribution < 1.29 is 19.1 Å². The van der Waals surface area contributed by atoms with Gasteiger partial charge in [-0.25, -0.2) is 4.79 Å². The summed E-state index contributed by atoms with van der Waals surface area (Å²) in [6.07, 6.45) is 0.711. The first-order valence-electron chi connectivity index (χ1n) is 13.5. The van der Waals surface area contributed by atoms with Gasteiger partial charge in [0.05, 0.1) is 0 Å². The van der Waals surface area contributed by atoms with Gasteiger partial charge < -0.3 is 20.3 Å². The summed E-state index contributed by atoms with van der Waals surface area (Å²) in [6.45, 7) is 17.0. The molecule has 0 fully saturated rings. The molecule has 0 aliphatic carbocycles. The number of benzene rings is 2. The third kappa shape index (κ3) is 8.49. The molecule has 0 heterocycles. The number of nitrogens with zero attached hydrogens (tertiary/aromatic N) is 1. The predicted octanol–water partition coefficient (Wildman–Crippen LogP) is 6.39. The van der Waals surface area contributed by atoms with Crippen molar-refractivity contribution in [3.05, 3.63) is 64.7 Å². The van der Waals surface area contributed by atoms with Crippen molar-refractivity contribution in [3.63, 3.8) is 0 Å². The molecule has 8 heteroatoms. The van der Waals surface area contributed by atoms with Gasteiger partial charge in [0.25, 0.3) is 5.91 Å². The Balaban J connectivity index is 2.63. The zero-order chi connectivity index (χ0) is 29.5. The van der Waals surface area contributed by atoms with E-state index in [-0.39, 0.29) is 11.7 Å². The molecule has 0 spiro atoms. The van der Waals surface area contributed by atoms with Crippen molar-refractivity contribution >= 4 is 36.2 Å². The lowest BCUT2D eigenvalue weighted by Crippen LogP contribution is -2.59. The average Bonchev–Trinajstić information content (AvgIpc) is 2.86. The van der Waals surface area contributed by atoms with Crippen LogP contribution in [0.2, 0.25) is 0 Å². The number of anilines is 1. The van der Waals surface area contributed by atoms with Gasteiger partial charge in [-0.3, -0.25) is 9.59 Å². The molecule has 214 valence electrons. The van der Waals surface area contributed by atoms with Gasteiger partial charge in [0.1, 0.15) is 17.7 Å². The molecule has 0 bridgehead atoms. The smallest absolute Gasteiger partial charge is 0.408 e. The van der Waals surface area contributed by atoms with Crippen LogP contribution in [-0.4, -0.2) is 45.7 Å². The number of carbonyl (C=O) groups excluding carboxylic acids is 3. The number of carbonyl (C=O) groups is 3. The molecule has 0 radical (unpaired) electrons. The number of para-hydroxylation sites is 1. The topological polar surface area (TPSA) is 87.7 Å². The summed E-state index contributed by atoms with van der Waals surface area (Å²) in [5, 5.41) is 5.77. The molecule has 2 aromatic rings. The maximum absolute atomic E-state index is 14.2. The molecule has 0 saturated carbocycles. The quantitative estimate of drug-likeness (QED) is 0.297. The number of hydrogen-bond donors (Lipinski definition) is 3. The number of alkyl carbamates (subject to hydrolysis) is 1. The van der Waals surface area contributed by atoms with Crippen LogP contribution in [-0.2, 0) is 20.7 Å². The predicted molar refractivity (Wildman–Crippen MR) is 161 cm³/mol. The fourth-order valence-electron chi connectivity index (χ4n) is 4.31. The Kier molecular flexibility index (Phi) is 11.0. The van der Waals surface area contributed by atoms with Crippen molar-refractivity contribution in [2.75, 3.05) is 11.1 Å². The first-order valence-corrected chi connectivity index (χ1v) is 14.2. The summed E-state index contributed by atoms with van der Waals surface area (Å²) in [4.78, 5) is 42.6. The van der Waals surface area contributed by atoms with E-state index in [1.165, 1.54) is 0 Å². The number of ether oxygens (including phenoxy) is 1. The lowest BCUT2D eigenvalue weighted by molar-refractivity contribution is -0.147. The van der Waals surface area contributed by atoms with Crippen LogP contribution >= 0.6 is 12.6 Å². The minimum absolute atomic E-state index is 0.0361. The second-order valence-electron chi connectivity index (χ2n) is 11.5.